The van der Waals surface area contributed by atoms with Gasteiger partial charge in [-0.15, -0.1) is 0 Å². The second-order valence-corrected chi connectivity index (χ2v) is 4.98. The van der Waals surface area contributed by atoms with Crippen molar-refractivity contribution < 1.29 is 9.53 Å². The number of nitrogens with one attached hydrogen (secondary N) is 1. The zero-order chi connectivity index (χ0) is 13.4. The summed E-state index contributed by atoms with van der Waals surface area (Å²) >= 11 is 5.87. The average molecular weight is 284 g/mol. The van der Waals surface area contributed by atoms with E-state index in [2.05, 4.69) is 20.3 Å². The molecule has 1 aromatic heterocycles. The number of ether oxygens (including phenoxy) is 1. The van der Waals surface area contributed by atoms with E-state index in [0.29, 0.717) is 12.5 Å². The summed E-state index contributed by atoms with van der Waals surface area (Å²) in [6, 6.07) is 0.277. The normalized spacial score (nSPS) is 26.0. The predicted octanol–water partition coefficient (Wildman–Crippen LogP) is 0.248. The molecular weight excluding hydrogens is 270 g/mol. The van der Waals surface area contributed by atoms with E-state index >= 15 is 0 Å². The first-order chi connectivity index (χ1) is 9.19. The number of amides is 1. The molecule has 2 saturated heterocycles. The van der Waals surface area contributed by atoms with Crippen LogP contribution in [0.4, 0.5) is 5.95 Å². The van der Waals surface area contributed by atoms with Gasteiger partial charge in [-0.25, -0.2) is 0 Å². The SMILES string of the molecule is COc1nc(Cl)nc(N2CCCC3C(=O)NCC32)n1. The van der Waals surface area contributed by atoms with Crippen LogP contribution < -0.4 is 15.0 Å². The largest absolute Gasteiger partial charge is 0.467 e. The monoisotopic (exact) mass is 283 g/mol. The van der Waals surface area contributed by atoms with E-state index < -0.39 is 0 Å². The van der Waals surface area contributed by atoms with Gasteiger partial charge in [-0.1, -0.05) is 0 Å². The van der Waals surface area contributed by atoms with E-state index in [1.807, 2.05) is 4.90 Å². The van der Waals surface area contributed by atoms with Crippen LogP contribution in [0.3, 0.4) is 0 Å². The number of nitrogens with zero attached hydrogens (tertiary/aromatic N) is 4. The summed E-state index contributed by atoms with van der Waals surface area (Å²) < 4.78 is 5.00. The molecule has 7 nitrogen and oxygen atoms in total. The van der Waals surface area contributed by atoms with Gasteiger partial charge in [0.2, 0.25) is 17.1 Å². The van der Waals surface area contributed by atoms with Crippen molar-refractivity contribution in [2.24, 2.45) is 5.92 Å². The molecule has 0 spiro atoms. The van der Waals surface area contributed by atoms with E-state index in [9.17, 15) is 4.79 Å². The third kappa shape index (κ3) is 2.18. The minimum absolute atomic E-state index is 0.00952. The Kier molecular flexibility index (Phi) is 3.14. The molecule has 1 N–H and O–H groups in total. The summed E-state index contributed by atoms with van der Waals surface area (Å²) in [7, 11) is 1.48. The zero-order valence-corrected chi connectivity index (χ0v) is 11.2. The number of hydrogen-bond acceptors (Lipinski definition) is 6. The molecule has 8 heteroatoms. The molecule has 2 atom stereocenters. The Morgan fingerprint density at radius 2 is 2.26 bits per heavy atom. The van der Waals surface area contributed by atoms with Crippen LogP contribution >= 0.6 is 11.6 Å². The highest BCUT2D eigenvalue weighted by Crippen LogP contribution is 2.30. The van der Waals surface area contributed by atoms with Crippen molar-refractivity contribution in [1.82, 2.24) is 20.3 Å². The van der Waals surface area contributed by atoms with Gasteiger partial charge in [-0.2, -0.15) is 15.0 Å². The van der Waals surface area contributed by atoms with Crippen molar-refractivity contribution in [1.29, 1.82) is 0 Å². The average Bonchev–Trinajstić information content (AvgIpc) is 2.80. The first kappa shape index (κ1) is 12.4. The molecule has 2 fully saturated rings. The number of hydrogen-bond donors (Lipinski definition) is 1. The zero-order valence-electron chi connectivity index (χ0n) is 10.5. The summed E-state index contributed by atoms with van der Waals surface area (Å²) in [5, 5.41) is 2.99. The molecule has 0 aromatic carbocycles. The Morgan fingerprint density at radius 1 is 1.42 bits per heavy atom. The fourth-order valence-electron chi connectivity index (χ4n) is 2.74. The fraction of sp³-hybridized carbons (Fsp3) is 0.636. The van der Waals surface area contributed by atoms with Gasteiger partial charge in [0.05, 0.1) is 19.1 Å². The van der Waals surface area contributed by atoms with Crippen LogP contribution in [0.15, 0.2) is 0 Å². The highest BCUT2D eigenvalue weighted by molar-refractivity contribution is 6.28. The van der Waals surface area contributed by atoms with E-state index in [1.54, 1.807) is 0 Å². The van der Waals surface area contributed by atoms with Crippen molar-refractivity contribution in [3.05, 3.63) is 5.28 Å². The molecule has 1 amide bonds. The number of anilines is 1. The lowest BCUT2D eigenvalue weighted by molar-refractivity contribution is -0.122. The molecule has 0 radical (unpaired) electrons. The van der Waals surface area contributed by atoms with Crippen molar-refractivity contribution in [3.8, 4) is 6.01 Å². The van der Waals surface area contributed by atoms with Gasteiger partial charge < -0.3 is 15.0 Å². The maximum Gasteiger partial charge on any atom is 0.322 e. The van der Waals surface area contributed by atoms with E-state index in [0.717, 1.165) is 19.4 Å². The third-order valence-electron chi connectivity index (χ3n) is 3.62. The quantitative estimate of drug-likeness (QED) is 0.838. The lowest BCUT2D eigenvalue weighted by atomic mass is 9.92. The number of aromatic nitrogens is 3. The van der Waals surface area contributed by atoms with Gasteiger partial charge >= 0.3 is 6.01 Å². The van der Waals surface area contributed by atoms with Crippen molar-refractivity contribution >= 4 is 23.5 Å². The third-order valence-corrected chi connectivity index (χ3v) is 3.79. The predicted molar refractivity (Wildman–Crippen MR) is 68.3 cm³/mol. The summed E-state index contributed by atoms with van der Waals surface area (Å²) in [6.07, 6.45) is 1.84. The number of piperidine rings is 1. The van der Waals surface area contributed by atoms with Gasteiger partial charge in [0.15, 0.2) is 0 Å². The highest BCUT2D eigenvalue weighted by atomic mass is 35.5. The Bertz CT molecular complexity index is 512. The Hall–Kier alpha value is -1.63. The molecule has 3 heterocycles. The fourth-order valence-corrected chi connectivity index (χ4v) is 2.89. The van der Waals surface area contributed by atoms with Gasteiger partial charge in [0.1, 0.15) is 0 Å². The second kappa shape index (κ2) is 4.80. The van der Waals surface area contributed by atoms with Crippen LogP contribution in [0.5, 0.6) is 6.01 Å². The number of halogens is 1. The molecule has 1 aromatic rings. The van der Waals surface area contributed by atoms with Crippen LogP contribution in [0.25, 0.3) is 0 Å². The van der Waals surface area contributed by atoms with Crippen LogP contribution in [0.1, 0.15) is 12.8 Å². The van der Waals surface area contributed by atoms with E-state index in [1.165, 1.54) is 7.11 Å². The maximum absolute atomic E-state index is 11.7. The van der Waals surface area contributed by atoms with Gasteiger partial charge in [-0.05, 0) is 24.4 Å². The lowest BCUT2D eigenvalue weighted by Gasteiger charge is -2.35. The molecule has 2 unspecified atom stereocenters. The molecule has 2 aliphatic heterocycles. The van der Waals surface area contributed by atoms with Gasteiger partial charge in [0.25, 0.3) is 0 Å². The van der Waals surface area contributed by atoms with Crippen LogP contribution in [0, 0.1) is 5.92 Å². The summed E-state index contributed by atoms with van der Waals surface area (Å²) in [4.78, 5) is 26.0. The molecule has 19 heavy (non-hydrogen) atoms. The second-order valence-electron chi connectivity index (χ2n) is 4.65. The molecule has 3 rings (SSSR count). The number of methoxy groups -OCH3 is 1. The Balaban J connectivity index is 1.92. The summed E-state index contributed by atoms with van der Waals surface area (Å²) in [5.74, 6) is 0.597. The topological polar surface area (TPSA) is 80.2 Å². The van der Waals surface area contributed by atoms with Crippen molar-refractivity contribution in [2.75, 3.05) is 25.1 Å². The molecular formula is C11H14ClN5O2. The smallest absolute Gasteiger partial charge is 0.322 e. The molecule has 102 valence electrons. The Morgan fingerprint density at radius 3 is 3.05 bits per heavy atom. The molecule has 0 saturated carbocycles. The van der Waals surface area contributed by atoms with Crippen LogP contribution in [-0.4, -0.2) is 47.1 Å². The molecule has 0 bridgehead atoms. The van der Waals surface area contributed by atoms with Crippen LogP contribution in [-0.2, 0) is 4.79 Å². The van der Waals surface area contributed by atoms with Gasteiger partial charge in [0, 0.05) is 13.1 Å². The van der Waals surface area contributed by atoms with E-state index in [-0.39, 0.29) is 29.2 Å². The van der Waals surface area contributed by atoms with Crippen molar-refractivity contribution in [3.63, 3.8) is 0 Å². The van der Waals surface area contributed by atoms with E-state index in [4.69, 9.17) is 16.3 Å². The maximum atomic E-state index is 11.7. The lowest BCUT2D eigenvalue weighted by Crippen LogP contribution is -2.46. The minimum atomic E-state index is 0.00952. The van der Waals surface area contributed by atoms with Gasteiger partial charge in [-0.3, -0.25) is 4.79 Å². The first-order valence-electron chi connectivity index (χ1n) is 6.19. The number of carbonyl (C=O) groups excluding carboxylic acids is 1. The summed E-state index contributed by atoms with van der Waals surface area (Å²) in [5.41, 5.74) is 0. The highest BCUT2D eigenvalue weighted by Gasteiger charge is 2.41. The molecule has 0 aliphatic carbocycles. The minimum Gasteiger partial charge on any atom is -0.467 e. The molecule has 2 aliphatic rings. The number of rotatable bonds is 2. The number of fused-ring (bicyclic) bond motifs is 1. The standard InChI is InChI=1S/C11H14ClN5O2/c1-19-11-15-9(12)14-10(16-11)17-4-2-3-6-7(17)5-13-8(6)18/h6-7H,2-5H2,1H3,(H,13,18). The van der Waals surface area contributed by atoms with Crippen molar-refractivity contribution in [2.45, 2.75) is 18.9 Å². The van der Waals surface area contributed by atoms with Crippen LogP contribution in [0.2, 0.25) is 5.28 Å². The summed E-state index contributed by atoms with van der Waals surface area (Å²) in [6.45, 7) is 1.43. The first-order valence-corrected chi connectivity index (χ1v) is 6.57. The number of carbonyl (C=O) groups is 1. The Labute approximate surface area is 115 Å².